The number of aromatic nitrogens is 1. The van der Waals surface area contributed by atoms with E-state index in [9.17, 15) is 9.18 Å². The van der Waals surface area contributed by atoms with Gasteiger partial charge in [-0.1, -0.05) is 42.5 Å². The van der Waals surface area contributed by atoms with Crippen molar-refractivity contribution < 1.29 is 13.9 Å². The maximum atomic E-state index is 12.9. The van der Waals surface area contributed by atoms with E-state index in [1.54, 1.807) is 18.2 Å². The highest BCUT2D eigenvalue weighted by atomic mass is 19.1. The second-order valence-electron chi connectivity index (χ2n) is 4.56. The summed E-state index contributed by atoms with van der Waals surface area (Å²) in [6.45, 7) is 0.690. The number of carbonyl (C=O) groups excluding carboxylic acids is 1. The Hall–Kier alpha value is -2.69. The molecule has 2 rings (SSSR count). The molecule has 1 heterocycles. The summed E-state index contributed by atoms with van der Waals surface area (Å²) in [6, 6.07) is 14.1. The fourth-order valence-corrected chi connectivity index (χ4v) is 1.75. The number of carbonyl (C=O) groups is 1. The van der Waals surface area contributed by atoms with Crippen LogP contribution in [0.15, 0.2) is 54.6 Å². The summed E-state index contributed by atoms with van der Waals surface area (Å²) in [7, 11) is 0. The van der Waals surface area contributed by atoms with E-state index in [0.29, 0.717) is 18.7 Å². The fraction of sp³-hybridized carbons (Fsp3) is 0.176. The van der Waals surface area contributed by atoms with Gasteiger partial charge in [0.2, 0.25) is 5.95 Å². The molecule has 0 aliphatic heterocycles. The minimum atomic E-state index is -0.509. The molecule has 1 aromatic carbocycles. The van der Waals surface area contributed by atoms with E-state index >= 15 is 0 Å². The Bertz CT molecular complexity index is 630. The van der Waals surface area contributed by atoms with Crippen molar-refractivity contribution in [2.45, 2.75) is 13.0 Å². The molecule has 0 atom stereocenters. The van der Waals surface area contributed by atoms with E-state index in [0.717, 1.165) is 5.56 Å². The van der Waals surface area contributed by atoms with Crippen molar-refractivity contribution in [2.75, 3.05) is 6.54 Å². The van der Waals surface area contributed by atoms with Crippen molar-refractivity contribution >= 4 is 12.2 Å². The van der Waals surface area contributed by atoms with Gasteiger partial charge in [-0.3, -0.25) is 0 Å². The number of pyridine rings is 1. The molecule has 114 valence electrons. The van der Waals surface area contributed by atoms with Crippen molar-refractivity contribution in [1.82, 2.24) is 10.3 Å². The van der Waals surface area contributed by atoms with Crippen LogP contribution in [-0.4, -0.2) is 17.6 Å². The van der Waals surface area contributed by atoms with Crippen LogP contribution in [0.5, 0.6) is 0 Å². The predicted molar refractivity (Wildman–Crippen MR) is 82.5 cm³/mol. The SMILES string of the molecule is O=C(NCCC=Cc1cccc(F)n1)OCc1ccccc1. The number of hydrogen-bond donors (Lipinski definition) is 1. The molecule has 2 aromatic rings. The van der Waals surface area contributed by atoms with Crippen molar-refractivity contribution in [3.63, 3.8) is 0 Å². The average Bonchev–Trinajstić information content (AvgIpc) is 2.54. The molecule has 1 aromatic heterocycles. The molecule has 22 heavy (non-hydrogen) atoms. The second kappa shape index (κ2) is 8.56. The summed E-state index contributed by atoms with van der Waals surface area (Å²) < 4.78 is 17.9. The highest BCUT2D eigenvalue weighted by Gasteiger charge is 2.00. The lowest BCUT2D eigenvalue weighted by Gasteiger charge is -2.05. The number of rotatable bonds is 6. The summed E-state index contributed by atoms with van der Waals surface area (Å²) in [4.78, 5) is 15.2. The van der Waals surface area contributed by atoms with Gasteiger partial charge in [-0.05, 0) is 30.2 Å². The lowest BCUT2D eigenvalue weighted by atomic mass is 10.2. The van der Waals surface area contributed by atoms with Crippen LogP contribution in [0.3, 0.4) is 0 Å². The first-order chi connectivity index (χ1) is 10.7. The summed E-state index contributed by atoms with van der Waals surface area (Å²) >= 11 is 0. The largest absolute Gasteiger partial charge is 0.445 e. The molecule has 1 N–H and O–H groups in total. The first-order valence-electron chi connectivity index (χ1n) is 6.98. The third-order valence-electron chi connectivity index (χ3n) is 2.82. The van der Waals surface area contributed by atoms with E-state index in [4.69, 9.17) is 4.74 Å². The molecular weight excluding hydrogens is 283 g/mol. The standard InChI is InChI=1S/C17H17FN2O2/c18-16-11-6-10-15(20-16)9-4-5-12-19-17(21)22-13-14-7-2-1-3-8-14/h1-4,6-11H,5,12-13H2,(H,19,21). The molecule has 0 fully saturated rings. The first-order valence-corrected chi connectivity index (χ1v) is 6.98. The third-order valence-corrected chi connectivity index (χ3v) is 2.82. The molecule has 0 spiro atoms. The summed E-state index contributed by atoms with van der Waals surface area (Å²) in [5, 5.41) is 2.64. The van der Waals surface area contributed by atoms with Gasteiger partial charge in [-0.15, -0.1) is 0 Å². The maximum absolute atomic E-state index is 12.9. The lowest BCUT2D eigenvalue weighted by molar-refractivity contribution is 0.140. The van der Waals surface area contributed by atoms with Gasteiger partial charge in [0.05, 0.1) is 5.69 Å². The van der Waals surface area contributed by atoms with Gasteiger partial charge in [0.1, 0.15) is 6.61 Å². The minimum Gasteiger partial charge on any atom is -0.445 e. The normalized spacial score (nSPS) is 10.6. The molecule has 0 radical (unpaired) electrons. The molecular formula is C17H17FN2O2. The average molecular weight is 300 g/mol. The highest BCUT2D eigenvalue weighted by Crippen LogP contribution is 2.02. The van der Waals surface area contributed by atoms with Crippen LogP contribution >= 0.6 is 0 Å². The molecule has 1 amide bonds. The molecule has 0 saturated heterocycles. The third kappa shape index (κ3) is 5.75. The maximum Gasteiger partial charge on any atom is 0.407 e. The van der Waals surface area contributed by atoms with Crippen LogP contribution in [0.4, 0.5) is 9.18 Å². The van der Waals surface area contributed by atoms with Crippen molar-refractivity contribution in [1.29, 1.82) is 0 Å². The molecule has 0 aliphatic carbocycles. The van der Waals surface area contributed by atoms with Gasteiger partial charge in [0.15, 0.2) is 0 Å². The van der Waals surface area contributed by atoms with Crippen molar-refractivity contribution in [3.8, 4) is 0 Å². The lowest BCUT2D eigenvalue weighted by Crippen LogP contribution is -2.24. The van der Waals surface area contributed by atoms with E-state index in [2.05, 4.69) is 10.3 Å². The molecule has 5 heteroatoms. The quantitative estimate of drug-likeness (QED) is 0.655. The van der Waals surface area contributed by atoms with Gasteiger partial charge < -0.3 is 10.1 Å². The van der Waals surface area contributed by atoms with Crippen LogP contribution in [0.1, 0.15) is 17.7 Å². The summed E-state index contributed by atoms with van der Waals surface area (Å²) in [5.74, 6) is -0.509. The van der Waals surface area contributed by atoms with Crippen LogP contribution in [0.25, 0.3) is 6.08 Å². The van der Waals surface area contributed by atoms with E-state index in [1.165, 1.54) is 6.07 Å². The van der Waals surface area contributed by atoms with Crippen molar-refractivity contribution in [2.24, 2.45) is 0 Å². The van der Waals surface area contributed by atoms with E-state index < -0.39 is 12.0 Å². The predicted octanol–water partition coefficient (Wildman–Crippen LogP) is 3.55. The number of nitrogens with zero attached hydrogens (tertiary/aromatic N) is 1. The molecule has 0 aliphatic rings. The topological polar surface area (TPSA) is 51.2 Å². The van der Waals surface area contributed by atoms with Crippen molar-refractivity contribution in [3.05, 3.63) is 71.8 Å². The summed E-state index contributed by atoms with van der Waals surface area (Å²) in [5.41, 5.74) is 1.49. The number of nitrogens with one attached hydrogen (secondary N) is 1. The number of alkyl carbamates (subject to hydrolysis) is 1. The molecule has 0 saturated carbocycles. The Balaban J connectivity index is 1.63. The minimum absolute atomic E-state index is 0.246. The fourth-order valence-electron chi connectivity index (χ4n) is 1.75. The second-order valence-corrected chi connectivity index (χ2v) is 4.56. The van der Waals surface area contributed by atoms with E-state index in [-0.39, 0.29) is 6.61 Å². The van der Waals surface area contributed by atoms with Gasteiger partial charge >= 0.3 is 6.09 Å². The van der Waals surface area contributed by atoms with Gasteiger partial charge in [0, 0.05) is 6.54 Å². The van der Waals surface area contributed by atoms with Gasteiger partial charge in [-0.2, -0.15) is 4.39 Å². The number of amides is 1. The monoisotopic (exact) mass is 300 g/mol. The smallest absolute Gasteiger partial charge is 0.407 e. The summed E-state index contributed by atoms with van der Waals surface area (Å²) in [6.07, 6.45) is 3.68. The Morgan fingerprint density at radius 1 is 1.18 bits per heavy atom. The number of halogens is 1. The Labute approximate surface area is 128 Å². The Morgan fingerprint density at radius 3 is 2.77 bits per heavy atom. The zero-order chi connectivity index (χ0) is 15.6. The Kier molecular flexibility index (Phi) is 6.11. The van der Waals surface area contributed by atoms with Crippen LogP contribution in [0, 0.1) is 5.95 Å². The van der Waals surface area contributed by atoms with Crippen LogP contribution in [0.2, 0.25) is 0 Å². The number of hydrogen-bond acceptors (Lipinski definition) is 3. The zero-order valence-electron chi connectivity index (χ0n) is 12.0. The highest BCUT2D eigenvalue weighted by molar-refractivity contribution is 5.67. The Morgan fingerprint density at radius 2 is 2.00 bits per heavy atom. The molecule has 4 nitrogen and oxygen atoms in total. The van der Waals surface area contributed by atoms with Gasteiger partial charge in [0.25, 0.3) is 0 Å². The number of ether oxygens (including phenoxy) is 1. The van der Waals surface area contributed by atoms with Crippen LogP contribution < -0.4 is 5.32 Å². The van der Waals surface area contributed by atoms with Crippen LogP contribution in [-0.2, 0) is 11.3 Å². The van der Waals surface area contributed by atoms with Gasteiger partial charge in [-0.25, -0.2) is 9.78 Å². The van der Waals surface area contributed by atoms with E-state index in [1.807, 2.05) is 36.4 Å². The molecule has 0 unspecified atom stereocenters. The zero-order valence-corrected chi connectivity index (χ0v) is 12.0. The first kappa shape index (κ1) is 15.7. The molecule has 0 bridgehead atoms. The number of benzene rings is 1.